The van der Waals surface area contributed by atoms with E-state index in [-0.39, 0.29) is 18.3 Å². The second kappa shape index (κ2) is 8.70. The van der Waals surface area contributed by atoms with Gasteiger partial charge in [0.1, 0.15) is 0 Å². The largest absolute Gasteiger partial charge is 0.375 e. The van der Waals surface area contributed by atoms with Gasteiger partial charge >= 0.3 is 0 Å². The lowest BCUT2D eigenvalue weighted by molar-refractivity contribution is -0.126. The van der Waals surface area contributed by atoms with Crippen molar-refractivity contribution in [3.05, 3.63) is 11.1 Å². The highest BCUT2D eigenvalue weighted by atomic mass is 35.5. The van der Waals surface area contributed by atoms with Gasteiger partial charge in [0, 0.05) is 24.2 Å². The van der Waals surface area contributed by atoms with Crippen LogP contribution in [0.3, 0.4) is 0 Å². The molecular weight excluding hydrogens is 320 g/mol. The first-order valence-corrected chi connectivity index (χ1v) is 8.52. The predicted molar refractivity (Wildman–Crippen MR) is 94.3 cm³/mol. The van der Waals surface area contributed by atoms with Crippen molar-refractivity contribution < 1.29 is 4.79 Å². The van der Waals surface area contributed by atoms with Crippen molar-refractivity contribution >= 4 is 34.8 Å². The van der Waals surface area contributed by atoms with Crippen LogP contribution in [0, 0.1) is 5.92 Å². The van der Waals surface area contributed by atoms with E-state index in [0.29, 0.717) is 17.6 Å². The molecule has 5 nitrogen and oxygen atoms in total. The SMILES string of the molecule is CC(C)(NCc1cnc(N)s1)C(=O)NCC1CCCCC1.Cl. The number of nitrogens with one attached hydrogen (secondary N) is 2. The Balaban J connectivity index is 0.00000242. The Morgan fingerprint density at radius 2 is 2.09 bits per heavy atom. The van der Waals surface area contributed by atoms with Gasteiger partial charge in [0.15, 0.2) is 5.13 Å². The zero-order chi connectivity index (χ0) is 15.3. The zero-order valence-electron chi connectivity index (χ0n) is 13.4. The van der Waals surface area contributed by atoms with Gasteiger partial charge in [-0.25, -0.2) is 4.98 Å². The maximum Gasteiger partial charge on any atom is 0.239 e. The highest BCUT2D eigenvalue weighted by Gasteiger charge is 2.27. The minimum absolute atomic E-state index is 0. The van der Waals surface area contributed by atoms with Gasteiger partial charge in [-0.3, -0.25) is 10.1 Å². The van der Waals surface area contributed by atoms with Crippen LogP contribution in [0.5, 0.6) is 0 Å². The van der Waals surface area contributed by atoms with Gasteiger partial charge in [-0.1, -0.05) is 19.3 Å². The van der Waals surface area contributed by atoms with Gasteiger partial charge in [-0.2, -0.15) is 0 Å². The van der Waals surface area contributed by atoms with Gasteiger partial charge in [-0.05, 0) is 32.6 Å². The molecule has 22 heavy (non-hydrogen) atoms. The van der Waals surface area contributed by atoms with Gasteiger partial charge < -0.3 is 11.1 Å². The van der Waals surface area contributed by atoms with E-state index in [1.165, 1.54) is 43.4 Å². The molecule has 1 heterocycles. The van der Waals surface area contributed by atoms with E-state index < -0.39 is 5.54 Å². The van der Waals surface area contributed by atoms with Crippen LogP contribution in [0.25, 0.3) is 0 Å². The minimum atomic E-state index is -0.590. The fourth-order valence-corrected chi connectivity index (χ4v) is 3.27. The van der Waals surface area contributed by atoms with E-state index in [1.807, 2.05) is 13.8 Å². The smallest absolute Gasteiger partial charge is 0.239 e. The molecule has 0 bridgehead atoms. The molecular formula is C15H27ClN4OS. The second-order valence-corrected chi connectivity index (χ2v) is 7.50. The van der Waals surface area contributed by atoms with Crippen LogP contribution >= 0.6 is 23.7 Å². The molecule has 1 aromatic heterocycles. The molecule has 4 N–H and O–H groups in total. The van der Waals surface area contributed by atoms with Crippen LogP contribution in [0.4, 0.5) is 5.13 Å². The fourth-order valence-electron chi connectivity index (χ4n) is 2.64. The summed E-state index contributed by atoms with van der Waals surface area (Å²) >= 11 is 1.45. The maximum absolute atomic E-state index is 12.3. The number of hydrogen-bond acceptors (Lipinski definition) is 5. The van der Waals surface area contributed by atoms with Crippen LogP contribution < -0.4 is 16.4 Å². The monoisotopic (exact) mass is 346 g/mol. The molecule has 0 radical (unpaired) electrons. The molecule has 0 aromatic carbocycles. The summed E-state index contributed by atoms with van der Waals surface area (Å²) in [4.78, 5) is 17.4. The lowest BCUT2D eigenvalue weighted by atomic mass is 9.89. The number of amides is 1. The highest BCUT2D eigenvalue weighted by Crippen LogP contribution is 2.23. The molecule has 0 spiro atoms. The van der Waals surface area contributed by atoms with Crippen molar-refractivity contribution in [3.63, 3.8) is 0 Å². The summed E-state index contributed by atoms with van der Waals surface area (Å²) in [6.07, 6.45) is 8.19. The summed E-state index contributed by atoms with van der Waals surface area (Å²) in [6.45, 7) is 5.23. The van der Waals surface area contributed by atoms with E-state index in [1.54, 1.807) is 6.20 Å². The van der Waals surface area contributed by atoms with Crippen LogP contribution in [-0.2, 0) is 11.3 Å². The molecule has 2 rings (SSSR count). The topological polar surface area (TPSA) is 80.0 Å². The Bertz CT molecular complexity index is 472. The number of carbonyl (C=O) groups is 1. The van der Waals surface area contributed by atoms with Crippen molar-refractivity contribution in [1.29, 1.82) is 0 Å². The summed E-state index contributed by atoms with van der Waals surface area (Å²) in [6, 6.07) is 0. The zero-order valence-corrected chi connectivity index (χ0v) is 15.0. The molecule has 1 aliphatic rings. The van der Waals surface area contributed by atoms with Gasteiger partial charge in [0.05, 0.1) is 5.54 Å². The van der Waals surface area contributed by atoms with Crippen molar-refractivity contribution in [1.82, 2.24) is 15.6 Å². The van der Waals surface area contributed by atoms with Crippen molar-refractivity contribution in [2.45, 2.75) is 58.0 Å². The predicted octanol–water partition coefficient (Wildman–Crippen LogP) is 2.71. The normalized spacial score (nSPS) is 16.1. The third-order valence-corrected chi connectivity index (χ3v) is 4.95. The van der Waals surface area contributed by atoms with E-state index >= 15 is 0 Å². The van der Waals surface area contributed by atoms with E-state index in [0.717, 1.165) is 11.4 Å². The Morgan fingerprint density at radius 3 is 2.68 bits per heavy atom. The van der Waals surface area contributed by atoms with Crippen LogP contribution in [0.1, 0.15) is 50.8 Å². The van der Waals surface area contributed by atoms with Gasteiger partial charge in [0.25, 0.3) is 0 Å². The molecule has 1 fully saturated rings. The average molecular weight is 347 g/mol. The number of anilines is 1. The first-order valence-electron chi connectivity index (χ1n) is 7.71. The summed E-state index contributed by atoms with van der Waals surface area (Å²) < 4.78 is 0. The minimum Gasteiger partial charge on any atom is -0.375 e. The van der Waals surface area contributed by atoms with E-state index in [4.69, 9.17) is 5.73 Å². The van der Waals surface area contributed by atoms with Crippen molar-refractivity contribution in [3.8, 4) is 0 Å². The summed E-state index contributed by atoms with van der Waals surface area (Å²) in [5, 5.41) is 6.94. The first kappa shape index (κ1) is 19.2. The number of nitrogens with zero attached hydrogens (tertiary/aromatic N) is 1. The summed E-state index contributed by atoms with van der Waals surface area (Å²) in [5.41, 5.74) is 5.02. The van der Waals surface area contributed by atoms with Crippen LogP contribution in [0.2, 0.25) is 0 Å². The second-order valence-electron chi connectivity index (χ2n) is 6.36. The Kier molecular flexibility index (Phi) is 7.59. The van der Waals surface area contributed by atoms with E-state index in [2.05, 4.69) is 15.6 Å². The number of hydrogen-bond donors (Lipinski definition) is 3. The molecule has 1 saturated carbocycles. The molecule has 0 saturated heterocycles. The molecule has 1 aliphatic carbocycles. The Morgan fingerprint density at radius 1 is 1.41 bits per heavy atom. The molecule has 0 atom stereocenters. The number of carbonyl (C=O) groups excluding carboxylic acids is 1. The number of rotatable bonds is 6. The van der Waals surface area contributed by atoms with Crippen molar-refractivity contribution in [2.24, 2.45) is 5.92 Å². The lowest BCUT2D eigenvalue weighted by Gasteiger charge is -2.27. The number of nitrogen functional groups attached to an aromatic ring is 1. The average Bonchev–Trinajstić information content (AvgIpc) is 2.89. The maximum atomic E-state index is 12.3. The third-order valence-electron chi connectivity index (χ3n) is 4.12. The van der Waals surface area contributed by atoms with Gasteiger partial charge in [-0.15, -0.1) is 23.7 Å². The number of aromatic nitrogens is 1. The number of nitrogens with two attached hydrogens (primary N) is 1. The molecule has 1 amide bonds. The Labute approximate surface area is 142 Å². The highest BCUT2D eigenvalue weighted by molar-refractivity contribution is 7.15. The Hall–Kier alpha value is -0.850. The lowest BCUT2D eigenvalue weighted by Crippen LogP contribution is -2.53. The van der Waals surface area contributed by atoms with E-state index in [9.17, 15) is 4.79 Å². The van der Waals surface area contributed by atoms with Crippen molar-refractivity contribution in [2.75, 3.05) is 12.3 Å². The van der Waals surface area contributed by atoms with Crippen LogP contribution in [-0.4, -0.2) is 23.0 Å². The molecule has 7 heteroatoms. The molecule has 0 unspecified atom stereocenters. The standard InChI is InChI=1S/C15H26N4OS.ClH/c1-15(2,19-10-12-9-18-14(16)21-12)13(20)17-8-11-6-4-3-5-7-11;/h9,11,19H,3-8,10H2,1-2H3,(H2,16,18)(H,17,20);1H. The molecule has 0 aliphatic heterocycles. The summed E-state index contributed by atoms with van der Waals surface area (Å²) in [5.74, 6) is 0.713. The van der Waals surface area contributed by atoms with Crippen LogP contribution in [0.15, 0.2) is 6.20 Å². The molecule has 1 aromatic rings. The molecule has 126 valence electrons. The number of thiazole rings is 1. The quantitative estimate of drug-likeness (QED) is 0.739. The first-order chi connectivity index (χ1) is 9.97. The number of halogens is 1. The summed E-state index contributed by atoms with van der Waals surface area (Å²) in [7, 11) is 0. The van der Waals surface area contributed by atoms with Gasteiger partial charge in [0.2, 0.25) is 5.91 Å². The fraction of sp³-hybridized carbons (Fsp3) is 0.733. The third kappa shape index (κ3) is 5.74.